The van der Waals surface area contributed by atoms with E-state index in [0.717, 1.165) is 25.9 Å². The predicted octanol–water partition coefficient (Wildman–Crippen LogP) is 7.14. The summed E-state index contributed by atoms with van der Waals surface area (Å²) < 4.78 is 0. The summed E-state index contributed by atoms with van der Waals surface area (Å²) in [5.41, 5.74) is 5.00. The number of hydrogen-bond acceptors (Lipinski definition) is 5. The SMILES string of the molecule is CCCCCCCCCCCCCCCCCCCCCC(=O)NCCCN(C)C.N[C@@H](CCC(=O)O)C(=O)O. The van der Waals surface area contributed by atoms with Crippen molar-refractivity contribution >= 4 is 17.8 Å². The fourth-order valence-electron chi connectivity index (χ4n) is 4.48. The first-order chi connectivity index (χ1) is 19.2. The fourth-order valence-corrected chi connectivity index (χ4v) is 4.48. The van der Waals surface area contributed by atoms with Crippen LogP contribution in [0.1, 0.15) is 155 Å². The third-order valence-corrected chi connectivity index (χ3v) is 7.10. The Hall–Kier alpha value is -1.67. The minimum atomic E-state index is -1.17. The van der Waals surface area contributed by atoms with Gasteiger partial charge in [-0.15, -0.1) is 0 Å². The van der Waals surface area contributed by atoms with E-state index in [1.54, 1.807) is 0 Å². The molecule has 0 aromatic rings. The molecule has 8 heteroatoms. The molecule has 0 aromatic heterocycles. The molecule has 8 nitrogen and oxygen atoms in total. The number of amides is 1. The predicted molar refractivity (Wildman–Crippen MR) is 167 cm³/mol. The molecule has 0 radical (unpaired) electrons. The largest absolute Gasteiger partial charge is 0.481 e. The molecular formula is C32H65N3O5. The number of rotatable bonds is 28. The Morgan fingerprint density at radius 1 is 0.650 bits per heavy atom. The van der Waals surface area contributed by atoms with Crippen LogP contribution in [0.2, 0.25) is 0 Å². The average Bonchev–Trinajstić information content (AvgIpc) is 2.91. The van der Waals surface area contributed by atoms with E-state index in [-0.39, 0.29) is 18.7 Å². The van der Waals surface area contributed by atoms with Crippen molar-refractivity contribution in [3.05, 3.63) is 0 Å². The van der Waals surface area contributed by atoms with Crippen LogP contribution in [0.5, 0.6) is 0 Å². The Balaban J connectivity index is 0. The topological polar surface area (TPSA) is 133 Å². The van der Waals surface area contributed by atoms with Crippen molar-refractivity contribution < 1.29 is 24.6 Å². The van der Waals surface area contributed by atoms with Crippen molar-refractivity contribution in [2.75, 3.05) is 27.2 Å². The molecule has 0 aromatic carbocycles. The molecule has 1 atom stereocenters. The lowest BCUT2D eigenvalue weighted by Gasteiger charge is -2.09. The summed E-state index contributed by atoms with van der Waals surface area (Å²) in [4.78, 5) is 33.8. The van der Waals surface area contributed by atoms with Crippen molar-refractivity contribution in [3.8, 4) is 0 Å². The van der Waals surface area contributed by atoms with Crippen LogP contribution >= 0.6 is 0 Å². The molecule has 0 unspecified atom stereocenters. The summed E-state index contributed by atoms with van der Waals surface area (Å²) in [6.07, 6.45) is 28.0. The average molecular weight is 572 g/mol. The number of carboxylic acid groups (broad SMARTS) is 2. The van der Waals surface area contributed by atoms with Gasteiger partial charge in [-0.05, 0) is 39.9 Å². The molecule has 0 saturated carbocycles. The van der Waals surface area contributed by atoms with E-state index in [1.807, 2.05) is 0 Å². The van der Waals surface area contributed by atoms with Gasteiger partial charge in [0, 0.05) is 19.4 Å². The number of unbranched alkanes of at least 4 members (excludes halogenated alkanes) is 18. The summed E-state index contributed by atoms with van der Waals surface area (Å²) in [7, 11) is 4.14. The van der Waals surface area contributed by atoms with Crippen LogP contribution in [0, 0.1) is 0 Å². The van der Waals surface area contributed by atoms with Gasteiger partial charge in [0.1, 0.15) is 6.04 Å². The van der Waals surface area contributed by atoms with Crippen LogP contribution in [-0.2, 0) is 14.4 Å². The Labute approximate surface area is 246 Å². The van der Waals surface area contributed by atoms with Crippen LogP contribution in [0.4, 0.5) is 0 Å². The Kier molecular flexibility index (Phi) is 32.2. The van der Waals surface area contributed by atoms with E-state index in [1.165, 1.54) is 116 Å². The van der Waals surface area contributed by atoms with Crippen LogP contribution in [-0.4, -0.2) is 66.2 Å². The van der Waals surface area contributed by atoms with E-state index >= 15 is 0 Å². The van der Waals surface area contributed by atoms with Gasteiger partial charge in [0.2, 0.25) is 5.91 Å². The maximum absolute atomic E-state index is 11.7. The molecule has 1 amide bonds. The van der Waals surface area contributed by atoms with E-state index in [2.05, 4.69) is 31.2 Å². The molecule has 0 fully saturated rings. The molecule has 238 valence electrons. The minimum Gasteiger partial charge on any atom is -0.481 e. The zero-order valence-electron chi connectivity index (χ0n) is 26.4. The molecule has 40 heavy (non-hydrogen) atoms. The van der Waals surface area contributed by atoms with Crippen LogP contribution < -0.4 is 11.1 Å². The van der Waals surface area contributed by atoms with Crippen LogP contribution in [0.25, 0.3) is 0 Å². The molecule has 0 saturated heterocycles. The summed E-state index contributed by atoms with van der Waals surface area (Å²) in [6.45, 7) is 4.15. The monoisotopic (exact) mass is 571 g/mol. The first kappa shape index (κ1) is 40.5. The van der Waals surface area contributed by atoms with Crippen molar-refractivity contribution in [2.24, 2.45) is 5.73 Å². The number of nitrogens with zero attached hydrogens (tertiary/aromatic N) is 1. The zero-order valence-corrected chi connectivity index (χ0v) is 26.4. The van der Waals surface area contributed by atoms with Gasteiger partial charge in [0.05, 0.1) is 0 Å². The number of hydrogen-bond donors (Lipinski definition) is 4. The Bertz CT molecular complexity index is 587. The van der Waals surface area contributed by atoms with Gasteiger partial charge in [0.15, 0.2) is 0 Å². The molecule has 0 aliphatic carbocycles. The lowest BCUT2D eigenvalue weighted by Crippen LogP contribution is -2.30. The normalized spacial score (nSPS) is 11.6. The van der Waals surface area contributed by atoms with Crippen LogP contribution in [0.3, 0.4) is 0 Å². The summed E-state index contributed by atoms with van der Waals surface area (Å²) in [5.74, 6) is -1.96. The molecule has 0 bridgehead atoms. The molecule has 5 N–H and O–H groups in total. The van der Waals surface area contributed by atoms with Crippen molar-refractivity contribution in [2.45, 2.75) is 161 Å². The highest BCUT2D eigenvalue weighted by Gasteiger charge is 2.12. The summed E-state index contributed by atoms with van der Waals surface area (Å²) in [5, 5.41) is 19.3. The molecular weight excluding hydrogens is 506 g/mol. The van der Waals surface area contributed by atoms with Gasteiger partial charge in [-0.2, -0.15) is 0 Å². The number of carbonyl (C=O) groups excluding carboxylic acids is 1. The van der Waals surface area contributed by atoms with Crippen molar-refractivity contribution in [3.63, 3.8) is 0 Å². The number of carboxylic acids is 2. The first-order valence-electron chi connectivity index (χ1n) is 16.3. The van der Waals surface area contributed by atoms with Crippen molar-refractivity contribution in [1.29, 1.82) is 0 Å². The summed E-state index contributed by atoms with van der Waals surface area (Å²) in [6, 6.07) is -1.06. The quantitative estimate of drug-likeness (QED) is 0.0733. The number of aliphatic carboxylic acids is 2. The highest BCUT2D eigenvalue weighted by Crippen LogP contribution is 2.14. The molecule has 0 rings (SSSR count). The molecule has 0 heterocycles. The molecule has 0 spiro atoms. The van der Waals surface area contributed by atoms with Gasteiger partial charge in [-0.3, -0.25) is 14.4 Å². The van der Waals surface area contributed by atoms with Crippen LogP contribution in [0.15, 0.2) is 0 Å². The molecule has 0 aliphatic heterocycles. The molecule has 0 aliphatic rings. The Morgan fingerprint density at radius 2 is 1.05 bits per heavy atom. The second-order valence-corrected chi connectivity index (χ2v) is 11.5. The number of carbonyl (C=O) groups is 3. The minimum absolute atomic E-state index is 0.0231. The lowest BCUT2D eigenvalue weighted by atomic mass is 10.0. The van der Waals surface area contributed by atoms with Crippen molar-refractivity contribution in [1.82, 2.24) is 10.2 Å². The van der Waals surface area contributed by atoms with Gasteiger partial charge in [0.25, 0.3) is 0 Å². The standard InChI is InChI=1S/C27H56N2O.C5H9NO4/c1-4-5-6-7-8-9-10-11-12-13-14-15-16-17-18-19-20-21-22-24-27(30)28-25-23-26-29(2)3;6-3(5(9)10)1-2-4(7)8/h4-26H2,1-3H3,(H,28,30);3H,1-2,6H2,(H,7,8)(H,9,10)/t;3-/m.0/s1. The van der Waals surface area contributed by atoms with E-state index in [0.29, 0.717) is 6.42 Å². The van der Waals surface area contributed by atoms with Gasteiger partial charge >= 0.3 is 11.9 Å². The van der Waals surface area contributed by atoms with E-state index in [4.69, 9.17) is 15.9 Å². The first-order valence-corrected chi connectivity index (χ1v) is 16.3. The van der Waals surface area contributed by atoms with E-state index < -0.39 is 18.0 Å². The third kappa shape index (κ3) is 36.3. The highest BCUT2D eigenvalue weighted by atomic mass is 16.4. The maximum Gasteiger partial charge on any atom is 0.320 e. The number of nitrogens with one attached hydrogen (secondary N) is 1. The van der Waals surface area contributed by atoms with Gasteiger partial charge in [-0.25, -0.2) is 0 Å². The second-order valence-electron chi connectivity index (χ2n) is 11.5. The van der Waals surface area contributed by atoms with E-state index in [9.17, 15) is 14.4 Å². The Morgan fingerprint density at radius 3 is 1.40 bits per heavy atom. The zero-order chi connectivity index (χ0) is 30.3. The van der Waals surface area contributed by atoms with Gasteiger partial charge in [-0.1, -0.05) is 122 Å². The third-order valence-electron chi connectivity index (χ3n) is 7.10. The highest BCUT2D eigenvalue weighted by molar-refractivity contribution is 5.75. The summed E-state index contributed by atoms with van der Waals surface area (Å²) >= 11 is 0. The fraction of sp³-hybridized carbons (Fsp3) is 0.906. The smallest absolute Gasteiger partial charge is 0.320 e. The number of nitrogens with two attached hydrogens (primary N) is 1. The maximum atomic E-state index is 11.7. The second kappa shape index (κ2) is 31.9. The van der Waals surface area contributed by atoms with Gasteiger partial charge < -0.3 is 26.2 Å². The lowest BCUT2D eigenvalue weighted by molar-refractivity contribution is -0.139.